The van der Waals surface area contributed by atoms with Crippen molar-refractivity contribution in [3.8, 4) is 22.3 Å². The zero-order chi connectivity index (χ0) is 34.2. The normalized spacial score (nSPS) is 11.8. The molecule has 0 radical (unpaired) electrons. The zero-order valence-corrected chi connectivity index (χ0v) is 27.9. The fraction of sp³-hybridized carbons (Fsp3) is 0. The van der Waals surface area contributed by atoms with Crippen LogP contribution in [0.1, 0.15) is 0 Å². The molecule has 0 amide bonds. The highest BCUT2D eigenvalue weighted by molar-refractivity contribution is 6.28. The standard InChI is InChI=1S/C48H29NO3/c1-2-10-30(11-3-1)31-20-24-33(25-21-31)49(38-15-9-19-41-45(38)36-12-4-6-16-39(36)50-41)34-26-22-32(23-27-34)35-14-8-18-42-46(35)48-44(52-42)29-28-43-47(48)37-13-5-7-17-40(37)51-43/h1-29H. The third-order valence-electron chi connectivity index (χ3n) is 10.3. The first-order valence-electron chi connectivity index (χ1n) is 17.5. The van der Waals surface area contributed by atoms with E-state index in [1.54, 1.807) is 0 Å². The van der Waals surface area contributed by atoms with E-state index in [0.29, 0.717) is 0 Å². The van der Waals surface area contributed by atoms with E-state index in [1.807, 2.05) is 36.4 Å². The SMILES string of the molecule is c1ccc(-c2ccc(N(c3ccc(-c4cccc5oc6ccc7oc8ccccc8c7c6c45)cc3)c3cccc4oc5ccccc5c34)cc2)cc1. The van der Waals surface area contributed by atoms with Gasteiger partial charge in [-0.1, -0.05) is 109 Å². The molecule has 4 heteroatoms. The van der Waals surface area contributed by atoms with E-state index in [1.165, 1.54) is 11.1 Å². The second-order valence-corrected chi connectivity index (χ2v) is 13.2. The molecule has 8 aromatic carbocycles. The number of hydrogen-bond acceptors (Lipinski definition) is 4. The van der Waals surface area contributed by atoms with E-state index in [0.717, 1.165) is 94.0 Å². The molecule has 0 N–H and O–H groups in total. The molecule has 0 aliphatic rings. The summed E-state index contributed by atoms with van der Waals surface area (Å²) in [5.74, 6) is 0. The smallest absolute Gasteiger partial charge is 0.137 e. The summed E-state index contributed by atoms with van der Waals surface area (Å²) in [5.41, 5.74) is 12.9. The first-order valence-corrected chi connectivity index (χ1v) is 17.5. The van der Waals surface area contributed by atoms with Crippen molar-refractivity contribution in [1.82, 2.24) is 0 Å². The summed E-state index contributed by atoms with van der Waals surface area (Å²) in [6.07, 6.45) is 0. The van der Waals surface area contributed by atoms with Gasteiger partial charge < -0.3 is 18.2 Å². The number of furan rings is 3. The minimum Gasteiger partial charge on any atom is -0.456 e. The summed E-state index contributed by atoms with van der Waals surface area (Å²) in [4.78, 5) is 2.33. The van der Waals surface area contributed by atoms with Crippen LogP contribution in [0.15, 0.2) is 189 Å². The number of rotatable bonds is 5. The predicted octanol–water partition coefficient (Wildman–Crippen LogP) is 14.2. The van der Waals surface area contributed by atoms with Crippen LogP contribution in [0.3, 0.4) is 0 Å². The third kappa shape index (κ3) is 4.34. The molecule has 0 spiro atoms. The Bertz CT molecular complexity index is 3110. The number of anilines is 3. The van der Waals surface area contributed by atoms with Crippen LogP contribution < -0.4 is 4.90 Å². The van der Waals surface area contributed by atoms with Crippen molar-refractivity contribution in [2.45, 2.75) is 0 Å². The zero-order valence-electron chi connectivity index (χ0n) is 27.9. The van der Waals surface area contributed by atoms with Crippen molar-refractivity contribution in [2.75, 3.05) is 4.90 Å². The maximum absolute atomic E-state index is 6.47. The first kappa shape index (κ1) is 28.8. The monoisotopic (exact) mass is 667 g/mol. The van der Waals surface area contributed by atoms with Gasteiger partial charge in [-0.05, 0) is 89.0 Å². The summed E-state index contributed by atoms with van der Waals surface area (Å²) in [5, 5.41) is 6.51. The fourth-order valence-corrected chi connectivity index (χ4v) is 7.96. The van der Waals surface area contributed by atoms with E-state index in [-0.39, 0.29) is 0 Å². The Morgan fingerprint density at radius 2 is 0.769 bits per heavy atom. The molecule has 0 atom stereocenters. The van der Waals surface area contributed by atoms with Gasteiger partial charge in [0.15, 0.2) is 0 Å². The summed E-state index contributed by atoms with van der Waals surface area (Å²) in [6.45, 7) is 0. The van der Waals surface area contributed by atoms with Crippen LogP contribution in [0.2, 0.25) is 0 Å². The van der Waals surface area contributed by atoms with Crippen LogP contribution in [-0.2, 0) is 0 Å². The Kier molecular flexibility index (Phi) is 6.22. The molecule has 52 heavy (non-hydrogen) atoms. The quantitative estimate of drug-likeness (QED) is 0.183. The molecule has 3 aromatic heterocycles. The molecule has 0 saturated heterocycles. The average molecular weight is 668 g/mol. The lowest BCUT2D eigenvalue weighted by Gasteiger charge is -2.26. The number of hydrogen-bond donors (Lipinski definition) is 0. The lowest BCUT2D eigenvalue weighted by molar-refractivity contribution is 0.663. The summed E-state index contributed by atoms with van der Waals surface area (Å²) in [6, 6.07) is 61.3. The topological polar surface area (TPSA) is 42.7 Å². The van der Waals surface area contributed by atoms with Crippen molar-refractivity contribution < 1.29 is 13.3 Å². The molecule has 3 heterocycles. The van der Waals surface area contributed by atoms with E-state index >= 15 is 0 Å². The second-order valence-electron chi connectivity index (χ2n) is 13.2. The first-order chi connectivity index (χ1) is 25.8. The van der Waals surface area contributed by atoms with E-state index in [4.69, 9.17) is 13.3 Å². The molecule has 4 nitrogen and oxygen atoms in total. The summed E-state index contributed by atoms with van der Waals surface area (Å²) in [7, 11) is 0. The number of nitrogens with zero attached hydrogens (tertiary/aromatic N) is 1. The minimum atomic E-state index is 0.851. The lowest BCUT2D eigenvalue weighted by Crippen LogP contribution is -2.10. The minimum absolute atomic E-state index is 0.851. The molecular formula is C48H29NO3. The molecule has 11 rings (SSSR count). The summed E-state index contributed by atoms with van der Waals surface area (Å²) < 4.78 is 19.1. The van der Waals surface area contributed by atoms with Gasteiger partial charge in [-0.2, -0.15) is 0 Å². The van der Waals surface area contributed by atoms with E-state index in [2.05, 4.69) is 144 Å². The highest BCUT2D eigenvalue weighted by Crippen LogP contribution is 2.46. The van der Waals surface area contributed by atoms with Gasteiger partial charge >= 0.3 is 0 Å². The van der Waals surface area contributed by atoms with Crippen LogP contribution in [0.4, 0.5) is 17.1 Å². The van der Waals surface area contributed by atoms with Gasteiger partial charge in [0.05, 0.1) is 11.1 Å². The number of fused-ring (bicyclic) bond motifs is 10. The van der Waals surface area contributed by atoms with Crippen molar-refractivity contribution in [3.05, 3.63) is 176 Å². The van der Waals surface area contributed by atoms with Crippen LogP contribution in [0.5, 0.6) is 0 Å². The van der Waals surface area contributed by atoms with Gasteiger partial charge in [-0.25, -0.2) is 0 Å². The van der Waals surface area contributed by atoms with Crippen molar-refractivity contribution >= 4 is 82.9 Å². The lowest BCUT2D eigenvalue weighted by atomic mass is 9.97. The number of para-hydroxylation sites is 2. The maximum atomic E-state index is 6.47. The van der Waals surface area contributed by atoms with Crippen LogP contribution >= 0.6 is 0 Å². The largest absolute Gasteiger partial charge is 0.456 e. The highest BCUT2D eigenvalue weighted by atomic mass is 16.3. The Hall–Kier alpha value is -7.04. The fourth-order valence-electron chi connectivity index (χ4n) is 7.96. The van der Waals surface area contributed by atoms with Gasteiger partial charge in [-0.3, -0.25) is 0 Å². The Labute approximate surface area is 298 Å². The molecule has 11 aromatic rings. The predicted molar refractivity (Wildman–Crippen MR) is 214 cm³/mol. The Balaban J connectivity index is 1.10. The molecule has 0 aliphatic carbocycles. The van der Waals surface area contributed by atoms with E-state index in [9.17, 15) is 0 Å². The van der Waals surface area contributed by atoms with Gasteiger partial charge in [0.1, 0.15) is 33.5 Å². The summed E-state index contributed by atoms with van der Waals surface area (Å²) >= 11 is 0. The van der Waals surface area contributed by atoms with E-state index < -0.39 is 0 Å². The third-order valence-corrected chi connectivity index (χ3v) is 10.3. The molecule has 0 saturated carbocycles. The molecule has 0 unspecified atom stereocenters. The van der Waals surface area contributed by atoms with Crippen LogP contribution in [0.25, 0.3) is 88.1 Å². The van der Waals surface area contributed by atoms with Gasteiger partial charge in [0.25, 0.3) is 0 Å². The maximum Gasteiger partial charge on any atom is 0.137 e. The van der Waals surface area contributed by atoms with Gasteiger partial charge in [-0.15, -0.1) is 0 Å². The molecular weight excluding hydrogens is 639 g/mol. The van der Waals surface area contributed by atoms with Crippen molar-refractivity contribution in [2.24, 2.45) is 0 Å². The highest BCUT2D eigenvalue weighted by Gasteiger charge is 2.21. The van der Waals surface area contributed by atoms with Crippen molar-refractivity contribution in [3.63, 3.8) is 0 Å². The average Bonchev–Trinajstić information content (AvgIpc) is 3.90. The number of benzene rings is 8. The second kappa shape index (κ2) is 11.2. The Morgan fingerprint density at radius 1 is 0.288 bits per heavy atom. The van der Waals surface area contributed by atoms with Crippen LogP contribution in [0, 0.1) is 0 Å². The van der Waals surface area contributed by atoms with Crippen LogP contribution in [-0.4, -0.2) is 0 Å². The Morgan fingerprint density at radius 3 is 1.46 bits per heavy atom. The molecule has 0 aliphatic heterocycles. The van der Waals surface area contributed by atoms with Gasteiger partial charge in [0, 0.05) is 38.3 Å². The molecule has 0 bridgehead atoms. The van der Waals surface area contributed by atoms with Gasteiger partial charge in [0.2, 0.25) is 0 Å². The van der Waals surface area contributed by atoms with Crippen molar-refractivity contribution in [1.29, 1.82) is 0 Å². The molecule has 244 valence electrons. The molecule has 0 fully saturated rings.